The van der Waals surface area contributed by atoms with Gasteiger partial charge in [0.25, 0.3) is 0 Å². The quantitative estimate of drug-likeness (QED) is 0.899. The zero-order chi connectivity index (χ0) is 13.9. The molecule has 5 heteroatoms. The van der Waals surface area contributed by atoms with Crippen LogP contribution in [0.4, 0.5) is 5.69 Å². The Morgan fingerprint density at radius 2 is 1.58 bits per heavy atom. The maximum atomic E-state index is 11.3. The molecule has 2 aromatic rings. The van der Waals surface area contributed by atoms with Crippen molar-refractivity contribution < 1.29 is 13.5 Å². The van der Waals surface area contributed by atoms with Crippen molar-refractivity contribution in [1.29, 1.82) is 0 Å². The van der Waals surface area contributed by atoms with Crippen molar-refractivity contribution in [3.05, 3.63) is 65.7 Å². The van der Waals surface area contributed by atoms with Crippen LogP contribution in [0.15, 0.2) is 54.6 Å². The number of nitrogens with one attached hydrogen (secondary N) is 1. The SMILES string of the molecule is CS(=O)(=O)Nc1ccccc1C(O)c1ccccc1. The van der Waals surface area contributed by atoms with Gasteiger partial charge in [-0.1, -0.05) is 48.5 Å². The van der Waals surface area contributed by atoms with Crippen LogP contribution in [0.25, 0.3) is 0 Å². The highest BCUT2D eigenvalue weighted by Gasteiger charge is 2.15. The number of hydrogen-bond acceptors (Lipinski definition) is 3. The first-order valence-electron chi connectivity index (χ1n) is 5.77. The molecule has 0 amide bonds. The smallest absolute Gasteiger partial charge is 0.229 e. The Kier molecular flexibility index (Phi) is 3.87. The third-order valence-electron chi connectivity index (χ3n) is 2.67. The van der Waals surface area contributed by atoms with E-state index in [0.717, 1.165) is 6.26 Å². The lowest BCUT2D eigenvalue weighted by molar-refractivity contribution is 0.221. The Morgan fingerprint density at radius 1 is 1.00 bits per heavy atom. The summed E-state index contributed by atoms with van der Waals surface area (Å²) >= 11 is 0. The monoisotopic (exact) mass is 277 g/mol. The normalized spacial score (nSPS) is 12.9. The molecule has 2 aromatic carbocycles. The third kappa shape index (κ3) is 3.56. The summed E-state index contributed by atoms with van der Waals surface area (Å²) in [5, 5.41) is 10.3. The Labute approximate surface area is 112 Å². The van der Waals surface area contributed by atoms with Crippen LogP contribution in [-0.2, 0) is 10.0 Å². The summed E-state index contributed by atoms with van der Waals surface area (Å²) in [6, 6.07) is 15.9. The fourth-order valence-corrected chi connectivity index (χ4v) is 2.43. The van der Waals surface area contributed by atoms with E-state index in [1.807, 2.05) is 18.2 Å². The number of sulfonamides is 1. The van der Waals surface area contributed by atoms with Gasteiger partial charge in [0.2, 0.25) is 10.0 Å². The zero-order valence-corrected chi connectivity index (χ0v) is 11.3. The lowest BCUT2D eigenvalue weighted by atomic mass is 10.0. The molecule has 0 saturated carbocycles. The van der Waals surface area contributed by atoms with Gasteiger partial charge in [0.1, 0.15) is 6.10 Å². The molecule has 0 fully saturated rings. The van der Waals surface area contributed by atoms with Crippen LogP contribution in [-0.4, -0.2) is 19.8 Å². The highest BCUT2D eigenvalue weighted by molar-refractivity contribution is 7.92. The van der Waals surface area contributed by atoms with Gasteiger partial charge in [-0.2, -0.15) is 0 Å². The van der Waals surface area contributed by atoms with Gasteiger partial charge in [0.05, 0.1) is 11.9 Å². The second kappa shape index (κ2) is 5.42. The molecule has 1 atom stereocenters. The lowest BCUT2D eigenvalue weighted by Crippen LogP contribution is -2.13. The first-order valence-corrected chi connectivity index (χ1v) is 7.66. The fraction of sp³-hybridized carbons (Fsp3) is 0.143. The van der Waals surface area contributed by atoms with Crippen LogP contribution in [0, 0.1) is 0 Å². The molecule has 0 radical (unpaired) electrons. The summed E-state index contributed by atoms with van der Waals surface area (Å²) in [6.07, 6.45) is 0.213. The number of anilines is 1. The molecule has 1 unspecified atom stereocenters. The molecule has 2 rings (SSSR count). The molecule has 0 bridgehead atoms. The van der Waals surface area contributed by atoms with Gasteiger partial charge in [-0.25, -0.2) is 8.42 Å². The Balaban J connectivity index is 2.40. The van der Waals surface area contributed by atoms with E-state index in [0.29, 0.717) is 16.8 Å². The fourth-order valence-electron chi connectivity index (χ4n) is 1.84. The van der Waals surface area contributed by atoms with E-state index < -0.39 is 16.1 Å². The standard InChI is InChI=1S/C14H15NO3S/c1-19(17,18)15-13-10-6-5-9-12(13)14(16)11-7-3-2-4-8-11/h2-10,14-16H,1H3. The molecule has 0 aliphatic carbocycles. The van der Waals surface area contributed by atoms with Gasteiger partial charge in [-0.15, -0.1) is 0 Å². The van der Waals surface area contributed by atoms with E-state index in [2.05, 4.69) is 4.72 Å². The Bertz CT molecular complexity index is 653. The number of rotatable bonds is 4. The van der Waals surface area contributed by atoms with Crippen molar-refractivity contribution >= 4 is 15.7 Å². The van der Waals surface area contributed by atoms with E-state index in [1.54, 1.807) is 36.4 Å². The van der Waals surface area contributed by atoms with Crippen LogP contribution >= 0.6 is 0 Å². The Morgan fingerprint density at radius 3 is 2.21 bits per heavy atom. The van der Waals surface area contributed by atoms with Crippen LogP contribution in [0.3, 0.4) is 0 Å². The van der Waals surface area contributed by atoms with E-state index in [9.17, 15) is 13.5 Å². The summed E-state index contributed by atoms with van der Waals surface area (Å²) in [6.45, 7) is 0. The second-order valence-corrected chi connectivity index (χ2v) is 6.02. The number of benzene rings is 2. The Hall–Kier alpha value is -1.85. The van der Waals surface area contributed by atoms with Gasteiger partial charge in [-0.3, -0.25) is 4.72 Å². The van der Waals surface area contributed by atoms with E-state index in [4.69, 9.17) is 0 Å². The number of aliphatic hydroxyl groups is 1. The van der Waals surface area contributed by atoms with Gasteiger partial charge in [-0.05, 0) is 11.6 Å². The van der Waals surface area contributed by atoms with E-state index >= 15 is 0 Å². The lowest BCUT2D eigenvalue weighted by Gasteiger charge is -2.16. The molecule has 0 heterocycles. The molecule has 100 valence electrons. The summed E-state index contributed by atoms with van der Waals surface area (Å²) in [5.41, 5.74) is 1.63. The maximum Gasteiger partial charge on any atom is 0.229 e. The number of hydrogen-bond donors (Lipinski definition) is 2. The first-order chi connectivity index (χ1) is 8.97. The van der Waals surface area contributed by atoms with Gasteiger partial charge < -0.3 is 5.11 Å². The summed E-state index contributed by atoms with van der Waals surface area (Å²) in [5.74, 6) is 0. The summed E-state index contributed by atoms with van der Waals surface area (Å²) < 4.78 is 25.1. The molecular weight excluding hydrogens is 262 g/mol. The molecule has 0 saturated heterocycles. The minimum Gasteiger partial charge on any atom is -0.384 e. The zero-order valence-electron chi connectivity index (χ0n) is 10.4. The predicted molar refractivity (Wildman–Crippen MR) is 75.4 cm³/mol. The van der Waals surface area contributed by atoms with Crippen molar-refractivity contribution in [3.8, 4) is 0 Å². The molecule has 0 aliphatic heterocycles. The number of para-hydroxylation sites is 1. The molecule has 4 nitrogen and oxygen atoms in total. The van der Waals surface area contributed by atoms with Crippen LogP contribution in [0.5, 0.6) is 0 Å². The van der Waals surface area contributed by atoms with Crippen molar-refractivity contribution in [2.75, 3.05) is 11.0 Å². The van der Waals surface area contributed by atoms with Gasteiger partial charge >= 0.3 is 0 Å². The summed E-state index contributed by atoms with van der Waals surface area (Å²) in [4.78, 5) is 0. The highest BCUT2D eigenvalue weighted by atomic mass is 32.2. The van der Waals surface area contributed by atoms with Crippen molar-refractivity contribution in [2.45, 2.75) is 6.10 Å². The van der Waals surface area contributed by atoms with E-state index in [-0.39, 0.29) is 0 Å². The van der Waals surface area contributed by atoms with Gasteiger partial charge in [0, 0.05) is 5.56 Å². The molecule has 19 heavy (non-hydrogen) atoms. The minimum atomic E-state index is -3.38. The molecule has 0 spiro atoms. The third-order valence-corrected chi connectivity index (χ3v) is 3.26. The van der Waals surface area contributed by atoms with Crippen LogP contribution in [0.1, 0.15) is 17.2 Å². The van der Waals surface area contributed by atoms with Crippen molar-refractivity contribution in [1.82, 2.24) is 0 Å². The largest absolute Gasteiger partial charge is 0.384 e. The van der Waals surface area contributed by atoms with Crippen molar-refractivity contribution in [3.63, 3.8) is 0 Å². The second-order valence-electron chi connectivity index (χ2n) is 4.27. The molecule has 2 N–H and O–H groups in total. The minimum absolute atomic E-state index is 0.390. The predicted octanol–water partition coefficient (Wildman–Crippen LogP) is 2.14. The first kappa shape index (κ1) is 13.6. The van der Waals surface area contributed by atoms with Crippen molar-refractivity contribution in [2.24, 2.45) is 0 Å². The van der Waals surface area contributed by atoms with Crippen LogP contribution in [0.2, 0.25) is 0 Å². The average molecular weight is 277 g/mol. The van der Waals surface area contributed by atoms with Gasteiger partial charge in [0.15, 0.2) is 0 Å². The number of aliphatic hydroxyl groups excluding tert-OH is 1. The maximum absolute atomic E-state index is 11.3. The molecule has 0 aliphatic rings. The average Bonchev–Trinajstić information content (AvgIpc) is 2.38. The molecule has 0 aromatic heterocycles. The highest BCUT2D eigenvalue weighted by Crippen LogP contribution is 2.28. The van der Waals surface area contributed by atoms with Crippen LogP contribution < -0.4 is 4.72 Å². The molecular formula is C14H15NO3S. The topological polar surface area (TPSA) is 66.4 Å². The van der Waals surface area contributed by atoms with E-state index in [1.165, 1.54) is 0 Å². The summed E-state index contributed by atoms with van der Waals surface area (Å²) in [7, 11) is -3.38.